The van der Waals surface area contributed by atoms with Crippen molar-refractivity contribution < 1.29 is 9.53 Å². The van der Waals surface area contributed by atoms with Gasteiger partial charge in [0.2, 0.25) is 5.91 Å². The van der Waals surface area contributed by atoms with E-state index in [1.54, 1.807) is 0 Å². The normalized spacial score (nSPS) is 15.4. The number of nitrogens with one attached hydrogen (secondary N) is 1. The zero-order chi connectivity index (χ0) is 19.5. The molecule has 1 amide bonds. The summed E-state index contributed by atoms with van der Waals surface area (Å²) in [5.74, 6) is 0.102. The third kappa shape index (κ3) is 3.71. The molecule has 1 saturated heterocycles. The van der Waals surface area contributed by atoms with Gasteiger partial charge in [0.25, 0.3) is 0 Å². The topological polar surface area (TPSA) is 54.5 Å². The Bertz CT molecular complexity index is 996. The average molecular weight is 375 g/mol. The van der Waals surface area contributed by atoms with E-state index in [9.17, 15) is 4.79 Å². The first kappa shape index (κ1) is 18.4. The maximum Gasteiger partial charge on any atom is 0.244 e. The van der Waals surface area contributed by atoms with Crippen LogP contribution in [0.2, 0.25) is 0 Å². The lowest BCUT2D eigenvalue weighted by Gasteiger charge is -2.29. The summed E-state index contributed by atoms with van der Waals surface area (Å²) >= 11 is 0. The van der Waals surface area contributed by atoms with Crippen LogP contribution in [0.4, 0.5) is 5.69 Å². The fourth-order valence-corrected chi connectivity index (χ4v) is 3.72. The molecule has 1 atom stereocenters. The number of aryl methyl sites for hydroxylation is 1. The number of pyridine rings is 1. The van der Waals surface area contributed by atoms with E-state index in [1.807, 2.05) is 30.2 Å². The van der Waals surface area contributed by atoms with Gasteiger partial charge in [0, 0.05) is 30.4 Å². The van der Waals surface area contributed by atoms with E-state index in [1.165, 1.54) is 16.7 Å². The third-order valence-electron chi connectivity index (χ3n) is 5.25. The Morgan fingerprint density at radius 2 is 1.89 bits per heavy atom. The summed E-state index contributed by atoms with van der Waals surface area (Å²) in [5.41, 5.74) is 5.44. The molecule has 0 radical (unpaired) electrons. The standard InChI is InChI=1S/C23H25N3O2/c1-16-5-3-4-6-19(16)20-9-10-24-22-15-18(7-8-21(20)22)25-17(2)23(27)26-11-13-28-14-12-26/h3-10,15,17,25H,11-14H2,1-2H3. The first-order chi connectivity index (χ1) is 13.6. The molecule has 2 heterocycles. The molecule has 0 bridgehead atoms. The highest BCUT2D eigenvalue weighted by Gasteiger charge is 2.22. The van der Waals surface area contributed by atoms with Crippen LogP contribution in [0.5, 0.6) is 0 Å². The van der Waals surface area contributed by atoms with E-state index >= 15 is 0 Å². The minimum Gasteiger partial charge on any atom is -0.378 e. The van der Waals surface area contributed by atoms with Gasteiger partial charge in [-0.05, 0) is 48.7 Å². The van der Waals surface area contributed by atoms with E-state index in [-0.39, 0.29) is 11.9 Å². The number of nitrogens with zero attached hydrogens (tertiary/aromatic N) is 2. The molecule has 1 fully saturated rings. The lowest BCUT2D eigenvalue weighted by atomic mass is 9.97. The maximum atomic E-state index is 12.6. The van der Waals surface area contributed by atoms with Gasteiger partial charge in [-0.25, -0.2) is 0 Å². The number of ether oxygens (including phenoxy) is 1. The second kappa shape index (κ2) is 7.98. The van der Waals surface area contributed by atoms with Gasteiger partial charge in [-0.3, -0.25) is 9.78 Å². The van der Waals surface area contributed by atoms with Crippen LogP contribution >= 0.6 is 0 Å². The van der Waals surface area contributed by atoms with Crippen LogP contribution in [0.1, 0.15) is 12.5 Å². The average Bonchev–Trinajstić information content (AvgIpc) is 2.73. The Balaban J connectivity index is 1.58. The van der Waals surface area contributed by atoms with Gasteiger partial charge in [0.15, 0.2) is 0 Å². The molecule has 28 heavy (non-hydrogen) atoms. The van der Waals surface area contributed by atoms with Crippen LogP contribution in [-0.2, 0) is 9.53 Å². The van der Waals surface area contributed by atoms with Crippen molar-refractivity contribution in [3.05, 3.63) is 60.3 Å². The molecular formula is C23H25N3O2. The van der Waals surface area contributed by atoms with Crippen LogP contribution < -0.4 is 5.32 Å². The minimum absolute atomic E-state index is 0.102. The van der Waals surface area contributed by atoms with Gasteiger partial charge in [0.1, 0.15) is 6.04 Å². The number of fused-ring (bicyclic) bond motifs is 1. The van der Waals surface area contributed by atoms with Crippen molar-refractivity contribution >= 4 is 22.5 Å². The van der Waals surface area contributed by atoms with E-state index in [0.717, 1.165) is 16.6 Å². The van der Waals surface area contributed by atoms with Gasteiger partial charge in [-0.1, -0.05) is 30.3 Å². The van der Waals surface area contributed by atoms with Crippen molar-refractivity contribution in [1.82, 2.24) is 9.88 Å². The number of carbonyl (C=O) groups is 1. The van der Waals surface area contributed by atoms with Gasteiger partial charge >= 0.3 is 0 Å². The van der Waals surface area contributed by atoms with Crippen LogP contribution in [0.25, 0.3) is 22.0 Å². The Hall–Kier alpha value is -2.92. The number of carbonyl (C=O) groups excluding carboxylic acids is 1. The zero-order valence-electron chi connectivity index (χ0n) is 16.3. The van der Waals surface area contributed by atoms with Crippen molar-refractivity contribution in [2.75, 3.05) is 31.6 Å². The summed E-state index contributed by atoms with van der Waals surface area (Å²) in [4.78, 5) is 19.0. The Labute approximate surface area is 165 Å². The Kier molecular flexibility index (Phi) is 5.26. The molecule has 2 aromatic carbocycles. The second-order valence-corrected chi connectivity index (χ2v) is 7.21. The van der Waals surface area contributed by atoms with E-state index in [4.69, 9.17) is 4.74 Å². The van der Waals surface area contributed by atoms with Crippen LogP contribution in [0.3, 0.4) is 0 Å². The van der Waals surface area contributed by atoms with Gasteiger partial charge in [-0.2, -0.15) is 0 Å². The fourth-order valence-electron chi connectivity index (χ4n) is 3.72. The lowest BCUT2D eigenvalue weighted by molar-refractivity contribution is -0.135. The molecule has 5 heteroatoms. The van der Waals surface area contributed by atoms with Gasteiger partial charge < -0.3 is 15.0 Å². The maximum absolute atomic E-state index is 12.6. The first-order valence-electron chi connectivity index (χ1n) is 9.71. The smallest absolute Gasteiger partial charge is 0.244 e. The summed E-state index contributed by atoms with van der Waals surface area (Å²) in [7, 11) is 0. The summed E-state index contributed by atoms with van der Waals surface area (Å²) in [6.45, 7) is 6.56. The molecule has 0 spiro atoms. The predicted molar refractivity (Wildman–Crippen MR) is 112 cm³/mol. The lowest BCUT2D eigenvalue weighted by Crippen LogP contribution is -2.46. The summed E-state index contributed by atoms with van der Waals surface area (Å²) in [6.07, 6.45) is 1.84. The number of benzene rings is 2. The zero-order valence-corrected chi connectivity index (χ0v) is 16.3. The molecule has 1 aromatic heterocycles. The molecule has 5 nitrogen and oxygen atoms in total. The fraction of sp³-hybridized carbons (Fsp3) is 0.304. The number of hydrogen-bond acceptors (Lipinski definition) is 4. The number of aromatic nitrogens is 1. The number of anilines is 1. The highest BCUT2D eigenvalue weighted by molar-refractivity contribution is 5.96. The Morgan fingerprint density at radius 3 is 2.68 bits per heavy atom. The van der Waals surface area contributed by atoms with E-state index in [2.05, 4.69) is 53.6 Å². The van der Waals surface area contributed by atoms with Crippen LogP contribution in [0, 0.1) is 6.92 Å². The largest absolute Gasteiger partial charge is 0.378 e. The summed E-state index contributed by atoms with van der Waals surface area (Å²) in [6, 6.07) is 16.3. The van der Waals surface area contributed by atoms with E-state index in [0.29, 0.717) is 26.3 Å². The molecule has 1 unspecified atom stereocenters. The predicted octanol–water partition coefficient (Wildman–Crippen LogP) is 3.87. The number of rotatable bonds is 4. The Morgan fingerprint density at radius 1 is 1.11 bits per heavy atom. The van der Waals surface area contributed by atoms with Gasteiger partial charge in [0.05, 0.1) is 18.7 Å². The SMILES string of the molecule is Cc1ccccc1-c1ccnc2cc(NC(C)C(=O)N3CCOCC3)ccc12. The van der Waals surface area contributed by atoms with Gasteiger partial charge in [-0.15, -0.1) is 0 Å². The molecule has 4 rings (SSSR count). The first-order valence-corrected chi connectivity index (χ1v) is 9.71. The molecular weight excluding hydrogens is 350 g/mol. The monoisotopic (exact) mass is 375 g/mol. The molecule has 3 aromatic rings. The number of amides is 1. The minimum atomic E-state index is -0.296. The third-order valence-corrected chi connectivity index (χ3v) is 5.25. The van der Waals surface area contributed by atoms with E-state index < -0.39 is 0 Å². The summed E-state index contributed by atoms with van der Waals surface area (Å²) in [5, 5.41) is 4.44. The van der Waals surface area contributed by atoms with Crippen LogP contribution in [-0.4, -0.2) is 48.1 Å². The molecule has 144 valence electrons. The van der Waals surface area contributed by atoms with Crippen LogP contribution in [0.15, 0.2) is 54.7 Å². The molecule has 0 saturated carbocycles. The van der Waals surface area contributed by atoms with Crippen molar-refractivity contribution in [2.24, 2.45) is 0 Å². The molecule has 1 aliphatic rings. The van der Waals surface area contributed by atoms with Crippen molar-refractivity contribution in [1.29, 1.82) is 0 Å². The quantitative estimate of drug-likeness (QED) is 0.752. The van der Waals surface area contributed by atoms with Crippen molar-refractivity contribution in [3.63, 3.8) is 0 Å². The molecule has 0 aliphatic carbocycles. The highest BCUT2D eigenvalue weighted by atomic mass is 16.5. The highest BCUT2D eigenvalue weighted by Crippen LogP contribution is 2.31. The number of morpholine rings is 1. The molecule has 1 aliphatic heterocycles. The second-order valence-electron chi connectivity index (χ2n) is 7.21. The van der Waals surface area contributed by atoms with Crippen molar-refractivity contribution in [2.45, 2.75) is 19.9 Å². The number of hydrogen-bond donors (Lipinski definition) is 1. The summed E-state index contributed by atoms with van der Waals surface area (Å²) < 4.78 is 5.33. The van der Waals surface area contributed by atoms with Crippen molar-refractivity contribution in [3.8, 4) is 11.1 Å². The molecule has 1 N–H and O–H groups in total.